The summed E-state index contributed by atoms with van der Waals surface area (Å²) in [5, 5.41) is 8.80. The van der Waals surface area contributed by atoms with E-state index in [1.165, 1.54) is 25.3 Å². The molecule has 5 nitrogen and oxygen atoms in total. The van der Waals surface area contributed by atoms with Crippen molar-refractivity contribution in [2.24, 2.45) is 0 Å². The summed E-state index contributed by atoms with van der Waals surface area (Å²) in [5.41, 5.74) is 0.296. The molecule has 0 unspecified atom stereocenters. The van der Waals surface area contributed by atoms with Crippen molar-refractivity contribution >= 4 is 12.3 Å². The van der Waals surface area contributed by atoms with E-state index in [1.807, 2.05) is 0 Å². The molecule has 1 aromatic carbocycles. The van der Waals surface area contributed by atoms with Gasteiger partial charge in [-0.15, -0.1) is 0 Å². The molecule has 0 aliphatic rings. The maximum Gasteiger partial charge on any atom is 0.335 e. The molecule has 1 N–H and O–H groups in total. The summed E-state index contributed by atoms with van der Waals surface area (Å²) in [6.07, 6.45) is 0.579. The van der Waals surface area contributed by atoms with E-state index in [1.54, 1.807) is 0 Å². The van der Waals surface area contributed by atoms with Crippen LogP contribution in [0.2, 0.25) is 0 Å². The molecule has 0 amide bonds. The summed E-state index contributed by atoms with van der Waals surface area (Å²) in [4.78, 5) is 21.3. The van der Waals surface area contributed by atoms with Gasteiger partial charge in [-0.25, -0.2) is 4.79 Å². The van der Waals surface area contributed by atoms with Crippen LogP contribution < -0.4 is 4.74 Å². The van der Waals surface area contributed by atoms with Crippen molar-refractivity contribution in [2.45, 2.75) is 0 Å². The van der Waals surface area contributed by atoms with Crippen LogP contribution in [0.5, 0.6) is 5.75 Å². The molecule has 16 heavy (non-hydrogen) atoms. The Balaban J connectivity index is 2.86. The number of carboxylic acids is 1. The van der Waals surface area contributed by atoms with E-state index in [0.29, 0.717) is 25.2 Å². The standard InChI is InChI=1S/C11H12O5/c1-15-2-3-16-10-5-8(7-12)4-9(6-10)11(13)14/h4-7H,2-3H2,1H3,(H,13,14). The fraction of sp³-hybridized carbons (Fsp3) is 0.273. The molecule has 0 spiro atoms. The van der Waals surface area contributed by atoms with Crippen LogP contribution in [0.4, 0.5) is 0 Å². The number of methoxy groups -OCH3 is 1. The second kappa shape index (κ2) is 5.87. The summed E-state index contributed by atoms with van der Waals surface area (Å²) in [5.74, 6) is -0.751. The Morgan fingerprint density at radius 3 is 2.69 bits per heavy atom. The van der Waals surface area contributed by atoms with E-state index in [9.17, 15) is 9.59 Å². The summed E-state index contributed by atoms with van der Waals surface area (Å²) >= 11 is 0. The molecule has 0 atom stereocenters. The average Bonchev–Trinajstić information content (AvgIpc) is 2.29. The van der Waals surface area contributed by atoms with Gasteiger partial charge in [0.05, 0.1) is 12.2 Å². The smallest absolute Gasteiger partial charge is 0.335 e. The molecule has 86 valence electrons. The number of aldehydes is 1. The molecule has 0 fully saturated rings. The Hall–Kier alpha value is -1.88. The molecule has 0 aliphatic carbocycles. The fourth-order valence-corrected chi connectivity index (χ4v) is 1.14. The third-order valence-corrected chi connectivity index (χ3v) is 1.87. The number of hydrogen-bond donors (Lipinski definition) is 1. The van der Waals surface area contributed by atoms with Gasteiger partial charge in [0.2, 0.25) is 0 Å². The first-order valence-electron chi connectivity index (χ1n) is 4.62. The zero-order valence-corrected chi connectivity index (χ0v) is 8.80. The minimum absolute atomic E-state index is 0.0250. The molecule has 1 aromatic rings. The largest absolute Gasteiger partial charge is 0.491 e. The van der Waals surface area contributed by atoms with Gasteiger partial charge in [0.15, 0.2) is 0 Å². The van der Waals surface area contributed by atoms with Crippen LogP contribution in [-0.2, 0) is 4.74 Å². The lowest BCUT2D eigenvalue weighted by Crippen LogP contribution is -2.06. The minimum atomic E-state index is -1.10. The van der Waals surface area contributed by atoms with Crippen molar-refractivity contribution in [1.82, 2.24) is 0 Å². The van der Waals surface area contributed by atoms with Gasteiger partial charge < -0.3 is 14.6 Å². The molecule has 1 rings (SSSR count). The van der Waals surface area contributed by atoms with Crippen molar-refractivity contribution in [1.29, 1.82) is 0 Å². The molecular formula is C11H12O5. The zero-order valence-electron chi connectivity index (χ0n) is 8.80. The predicted octanol–water partition coefficient (Wildman–Crippen LogP) is 1.22. The summed E-state index contributed by atoms with van der Waals surface area (Å²) in [6, 6.07) is 4.14. The van der Waals surface area contributed by atoms with Crippen molar-refractivity contribution < 1.29 is 24.2 Å². The molecule has 0 heterocycles. The van der Waals surface area contributed by atoms with Gasteiger partial charge in [0.1, 0.15) is 18.6 Å². The average molecular weight is 224 g/mol. The van der Waals surface area contributed by atoms with Crippen LogP contribution in [0.25, 0.3) is 0 Å². The topological polar surface area (TPSA) is 72.8 Å². The Labute approximate surface area is 92.6 Å². The van der Waals surface area contributed by atoms with E-state index in [2.05, 4.69) is 0 Å². The molecular weight excluding hydrogens is 212 g/mol. The molecule has 0 aliphatic heterocycles. The molecule has 0 saturated carbocycles. The SMILES string of the molecule is COCCOc1cc(C=O)cc(C(=O)O)c1. The predicted molar refractivity (Wildman–Crippen MR) is 56.2 cm³/mol. The van der Waals surface area contributed by atoms with Crippen LogP contribution in [-0.4, -0.2) is 37.7 Å². The highest BCUT2D eigenvalue weighted by Gasteiger charge is 2.07. The zero-order chi connectivity index (χ0) is 12.0. The van der Waals surface area contributed by atoms with Crippen molar-refractivity contribution in [3.05, 3.63) is 29.3 Å². The van der Waals surface area contributed by atoms with Gasteiger partial charge in [-0.05, 0) is 18.2 Å². The number of carbonyl (C=O) groups excluding carboxylic acids is 1. The Kier molecular flexibility index (Phi) is 4.47. The van der Waals surface area contributed by atoms with E-state index >= 15 is 0 Å². The number of aromatic carboxylic acids is 1. The lowest BCUT2D eigenvalue weighted by molar-refractivity contribution is 0.0696. The maximum absolute atomic E-state index is 10.8. The summed E-state index contributed by atoms with van der Waals surface area (Å²) in [7, 11) is 1.54. The van der Waals surface area contributed by atoms with E-state index in [0.717, 1.165) is 0 Å². The van der Waals surface area contributed by atoms with E-state index in [-0.39, 0.29) is 11.1 Å². The van der Waals surface area contributed by atoms with Crippen LogP contribution in [0, 0.1) is 0 Å². The lowest BCUT2D eigenvalue weighted by Gasteiger charge is -2.07. The third-order valence-electron chi connectivity index (χ3n) is 1.87. The molecule has 0 aromatic heterocycles. The molecule has 5 heteroatoms. The number of benzene rings is 1. The van der Waals surface area contributed by atoms with E-state index < -0.39 is 5.97 Å². The van der Waals surface area contributed by atoms with Gasteiger partial charge >= 0.3 is 5.97 Å². The van der Waals surface area contributed by atoms with Gasteiger partial charge in [-0.1, -0.05) is 0 Å². The first kappa shape index (κ1) is 12.2. The Morgan fingerprint density at radius 2 is 2.12 bits per heavy atom. The minimum Gasteiger partial charge on any atom is -0.491 e. The number of hydrogen-bond acceptors (Lipinski definition) is 4. The first-order chi connectivity index (χ1) is 7.67. The number of ether oxygens (including phenoxy) is 2. The van der Waals surface area contributed by atoms with Crippen LogP contribution in [0.15, 0.2) is 18.2 Å². The number of carbonyl (C=O) groups is 2. The Bertz CT molecular complexity index is 386. The quantitative estimate of drug-likeness (QED) is 0.581. The van der Waals surface area contributed by atoms with E-state index in [4.69, 9.17) is 14.6 Å². The van der Waals surface area contributed by atoms with Crippen molar-refractivity contribution in [2.75, 3.05) is 20.3 Å². The highest BCUT2D eigenvalue weighted by molar-refractivity contribution is 5.90. The highest BCUT2D eigenvalue weighted by atomic mass is 16.5. The van der Waals surface area contributed by atoms with Crippen LogP contribution in [0.1, 0.15) is 20.7 Å². The second-order valence-corrected chi connectivity index (χ2v) is 3.05. The van der Waals surface area contributed by atoms with Crippen molar-refractivity contribution in [3.8, 4) is 5.75 Å². The fourth-order valence-electron chi connectivity index (χ4n) is 1.14. The van der Waals surface area contributed by atoms with Gasteiger partial charge in [-0.3, -0.25) is 4.79 Å². The number of carboxylic acid groups (broad SMARTS) is 1. The molecule has 0 radical (unpaired) electrons. The van der Waals surface area contributed by atoms with Crippen LogP contribution in [0.3, 0.4) is 0 Å². The molecule has 0 saturated heterocycles. The van der Waals surface area contributed by atoms with Gasteiger partial charge in [0, 0.05) is 12.7 Å². The monoisotopic (exact) mass is 224 g/mol. The van der Waals surface area contributed by atoms with Crippen molar-refractivity contribution in [3.63, 3.8) is 0 Å². The Morgan fingerprint density at radius 1 is 1.38 bits per heavy atom. The summed E-state index contributed by atoms with van der Waals surface area (Å²) < 4.78 is 10.0. The second-order valence-electron chi connectivity index (χ2n) is 3.05. The summed E-state index contributed by atoms with van der Waals surface area (Å²) in [6.45, 7) is 0.700. The maximum atomic E-state index is 10.8. The van der Waals surface area contributed by atoms with Gasteiger partial charge in [0.25, 0.3) is 0 Å². The van der Waals surface area contributed by atoms with Crippen LogP contribution >= 0.6 is 0 Å². The third kappa shape index (κ3) is 3.36. The lowest BCUT2D eigenvalue weighted by atomic mass is 10.1. The normalized spacial score (nSPS) is 9.81. The highest BCUT2D eigenvalue weighted by Crippen LogP contribution is 2.16. The first-order valence-corrected chi connectivity index (χ1v) is 4.62. The molecule has 0 bridgehead atoms. The van der Waals surface area contributed by atoms with Gasteiger partial charge in [-0.2, -0.15) is 0 Å². The number of rotatable bonds is 6.